The van der Waals surface area contributed by atoms with Gasteiger partial charge in [-0.3, -0.25) is 4.79 Å². The van der Waals surface area contributed by atoms with E-state index in [-0.39, 0.29) is 0 Å². The number of hydrogen-bond donors (Lipinski definition) is 2. The van der Waals surface area contributed by atoms with E-state index in [1.807, 2.05) is 47.0 Å². The molecule has 0 atom stereocenters. The van der Waals surface area contributed by atoms with E-state index in [1.54, 1.807) is 14.1 Å². The zero-order valence-electron chi connectivity index (χ0n) is 17.5. The first-order valence-electron chi connectivity index (χ1n) is 10.2. The maximum atomic E-state index is 11.8. The molecule has 1 aliphatic heterocycles. The molecule has 1 amide bonds. The Hall–Kier alpha value is -3.12. The average molecular weight is 408 g/mol. The predicted octanol–water partition coefficient (Wildman–Crippen LogP) is 3.56. The zero-order chi connectivity index (χ0) is 21.5. The lowest BCUT2D eigenvalue weighted by Gasteiger charge is -2.23. The van der Waals surface area contributed by atoms with Gasteiger partial charge in [0.15, 0.2) is 0 Å². The Balaban J connectivity index is 0.000000461. The summed E-state index contributed by atoms with van der Waals surface area (Å²) in [7, 11) is 3.38. The molecule has 0 radical (unpaired) electrons. The molecule has 2 aromatic carbocycles. The fourth-order valence-electron chi connectivity index (χ4n) is 3.91. The minimum absolute atomic E-state index is 0.361. The van der Waals surface area contributed by atoms with Crippen molar-refractivity contribution in [2.45, 2.75) is 25.3 Å². The number of aromatic nitrogens is 1. The number of piperidine rings is 1. The zero-order valence-corrected chi connectivity index (χ0v) is 17.5. The van der Waals surface area contributed by atoms with E-state index in [0.29, 0.717) is 18.2 Å². The maximum Gasteiger partial charge on any atom is 0.352 e. The number of fused-ring (bicyclic) bond motifs is 1. The molecule has 30 heavy (non-hydrogen) atoms. The summed E-state index contributed by atoms with van der Waals surface area (Å²) in [6.45, 7) is 2.62. The summed E-state index contributed by atoms with van der Waals surface area (Å²) < 4.78 is 1.93. The van der Waals surface area contributed by atoms with Gasteiger partial charge in [0, 0.05) is 31.5 Å². The number of rotatable bonds is 5. The first kappa shape index (κ1) is 21.6. The van der Waals surface area contributed by atoms with Crippen molar-refractivity contribution in [1.82, 2.24) is 14.8 Å². The van der Waals surface area contributed by atoms with Crippen LogP contribution in [0.15, 0.2) is 54.6 Å². The number of carbonyl (C=O) groups is 2. The van der Waals surface area contributed by atoms with Crippen LogP contribution in [0.25, 0.3) is 10.9 Å². The van der Waals surface area contributed by atoms with E-state index in [2.05, 4.69) is 17.4 Å². The number of carbonyl (C=O) groups excluding carboxylic acids is 1. The van der Waals surface area contributed by atoms with Gasteiger partial charge in [-0.2, -0.15) is 0 Å². The van der Waals surface area contributed by atoms with E-state index < -0.39 is 5.97 Å². The van der Waals surface area contributed by atoms with Crippen molar-refractivity contribution < 1.29 is 14.7 Å². The van der Waals surface area contributed by atoms with Crippen molar-refractivity contribution >= 4 is 23.3 Å². The summed E-state index contributed by atoms with van der Waals surface area (Å²) in [6.07, 6.45) is 2.96. The Bertz CT molecular complexity index is 990. The summed E-state index contributed by atoms with van der Waals surface area (Å²) >= 11 is 0. The van der Waals surface area contributed by atoms with Gasteiger partial charge >= 0.3 is 5.97 Å². The Morgan fingerprint density at radius 2 is 1.80 bits per heavy atom. The molecule has 2 N–H and O–H groups in total. The molecular weight excluding hydrogens is 378 g/mol. The normalized spacial score (nSPS) is 14.1. The third-order valence-corrected chi connectivity index (χ3v) is 5.37. The topological polar surface area (TPSA) is 74.6 Å². The van der Waals surface area contributed by atoms with Crippen LogP contribution in [0.2, 0.25) is 0 Å². The second-order valence-electron chi connectivity index (χ2n) is 7.78. The lowest BCUT2D eigenvalue weighted by atomic mass is 9.88. The molecule has 158 valence electrons. The van der Waals surface area contributed by atoms with Crippen molar-refractivity contribution in [3.05, 3.63) is 71.4 Å². The molecule has 0 unspecified atom stereocenters. The van der Waals surface area contributed by atoms with E-state index >= 15 is 0 Å². The standard InChI is InChI=1S/C21H22N2O2.C3H7NO/c24-21(25)20-13-18-17(16-9-11-22-12-10-16)7-4-8-19(18)23(20)14-15-5-2-1-3-6-15;1-4(2)3-5/h1-8,13,16,22H,9-12,14H2,(H,24,25);3H,1-2H3. The summed E-state index contributed by atoms with van der Waals surface area (Å²) in [6, 6.07) is 18.1. The van der Waals surface area contributed by atoms with E-state index in [9.17, 15) is 14.7 Å². The maximum absolute atomic E-state index is 11.8. The fourth-order valence-corrected chi connectivity index (χ4v) is 3.91. The van der Waals surface area contributed by atoms with E-state index in [1.165, 1.54) is 10.5 Å². The van der Waals surface area contributed by atoms with Crippen molar-refractivity contribution in [3.8, 4) is 0 Å². The molecule has 6 heteroatoms. The summed E-state index contributed by atoms with van der Waals surface area (Å²) in [5.41, 5.74) is 3.76. The third-order valence-electron chi connectivity index (χ3n) is 5.37. The first-order chi connectivity index (χ1) is 14.5. The molecule has 0 bridgehead atoms. The smallest absolute Gasteiger partial charge is 0.352 e. The molecule has 1 saturated heterocycles. The molecule has 2 heterocycles. The van der Waals surface area contributed by atoms with Gasteiger partial charge in [-0.15, -0.1) is 0 Å². The van der Waals surface area contributed by atoms with Gasteiger partial charge in [-0.1, -0.05) is 42.5 Å². The monoisotopic (exact) mass is 407 g/mol. The van der Waals surface area contributed by atoms with Crippen molar-refractivity contribution in [1.29, 1.82) is 0 Å². The fraction of sp³-hybridized carbons (Fsp3) is 0.333. The van der Waals surface area contributed by atoms with Crippen LogP contribution < -0.4 is 5.32 Å². The summed E-state index contributed by atoms with van der Waals surface area (Å²) in [4.78, 5) is 22.7. The second kappa shape index (κ2) is 10.1. The Kier molecular flexibility index (Phi) is 7.25. The van der Waals surface area contributed by atoms with Crippen LogP contribution in [0.4, 0.5) is 0 Å². The van der Waals surface area contributed by atoms with E-state index in [4.69, 9.17) is 0 Å². The predicted molar refractivity (Wildman–Crippen MR) is 119 cm³/mol. The molecule has 0 saturated carbocycles. The van der Waals surface area contributed by atoms with Crippen LogP contribution in [0, 0.1) is 0 Å². The van der Waals surface area contributed by atoms with Gasteiger partial charge in [0.2, 0.25) is 6.41 Å². The van der Waals surface area contributed by atoms with Crippen molar-refractivity contribution in [2.75, 3.05) is 27.2 Å². The SMILES string of the molecule is CN(C)C=O.O=C(O)c1cc2c(C3CCNCC3)cccc2n1Cc1ccccc1. The van der Waals surface area contributed by atoms with Crippen molar-refractivity contribution in [3.63, 3.8) is 0 Å². The van der Waals surface area contributed by atoms with Gasteiger partial charge in [-0.05, 0) is 55.1 Å². The van der Waals surface area contributed by atoms with Crippen LogP contribution in [-0.4, -0.2) is 54.1 Å². The minimum Gasteiger partial charge on any atom is -0.477 e. The molecule has 0 spiro atoms. The largest absolute Gasteiger partial charge is 0.477 e. The third kappa shape index (κ3) is 5.07. The first-order valence-corrected chi connectivity index (χ1v) is 10.2. The molecule has 0 aliphatic carbocycles. The number of carboxylic acids is 1. The van der Waals surface area contributed by atoms with Crippen molar-refractivity contribution in [2.24, 2.45) is 0 Å². The van der Waals surface area contributed by atoms with Gasteiger partial charge < -0.3 is 19.9 Å². The number of aromatic carboxylic acids is 1. The highest BCUT2D eigenvalue weighted by Crippen LogP contribution is 2.33. The highest BCUT2D eigenvalue weighted by molar-refractivity contribution is 5.96. The molecule has 3 aromatic rings. The lowest BCUT2D eigenvalue weighted by Crippen LogP contribution is -2.26. The molecule has 1 aliphatic rings. The number of hydrogen-bond acceptors (Lipinski definition) is 3. The van der Waals surface area contributed by atoms with Gasteiger partial charge in [0.1, 0.15) is 5.69 Å². The van der Waals surface area contributed by atoms with Gasteiger partial charge in [0.05, 0.1) is 0 Å². The Morgan fingerprint density at radius 3 is 2.40 bits per heavy atom. The van der Waals surface area contributed by atoms with Crippen LogP contribution in [0.5, 0.6) is 0 Å². The molecule has 1 fully saturated rings. The average Bonchev–Trinajstić information content (AvgIpc) is 3.14. The van der Waals surface area contributed by atoms with Crippen LogP contribution in [-0.2, 0) is 11.3 Å². The van der Waals surface area contributed by atoms with Gasteiger partial charge in [-0.25, -0.2) is 4.79 Å². The van der Waals surface area contributed by atoms with Gasteiger partial charge in [0.25, 0.3) is 0 Å². The number of amides is 1. The number of benzene rings is 2. The van der Waals surface area contributed by atoms with Crippen LogP contribution in [0.3, 0.4) is 0 Å². The second-order valence-corrected chi connectivity index (χ2v) is 7.78. The van der Waals surface area contributed by atoms with E-state index in [0.717, 1.165) is 48.8 Å². The lowest BCUT2D eigenvalue weighted by molar-refractivity contribution is -0.115. The van der Waals surface area contributed by atoms with Crippen LogP contribution in [0.1, 0.15) is 40.4 Å². The molecule has 6 nitrogen and oxygen atoms in total. The Labute approximate surface area is 177 Å². The van der Waals surface area contributed by atoms with Crippen LogP contribution >= 0.6 is 0 Å². The number of nitrogens with zero attached hydrogens (tertiary/aromatic N) is 2. The Morgan fingerprint density at radius 1 is 1.13 bits per heavy atom. The summed E-state index contributed by atoms with van der Waals surface area (Å²) in [5, 5.41) is 14.2. The highest BCUT2D eigenvalue weighted by Gasteiger charge is 2.21. The number of carboxylic acid groups (broad SMARTS) is 1. The minimum atomic E-state index is -0.872. The number of nitrogens with one attached hydrogen (secondary N) is 1. The highest BCUT2D eigenvalue weighted by atomic mass is 16.4. The summed E-state index contributed by atoms with van der Waals surface area (Å²) in [5.74, 6) is -0.373. The molecule has 4 rings (SSSR count). The molecule has 1 aromatic heterocycles. The quantitative estimate of drug-likeness (QED) is 0.634. The molecular formula is C24H29N3O3.